The van der Waals surface area contributed by atoms with Crippen LogP contribution >= 0.6 is 23.2 Å². The van der Waals surface area contributed by atoms with Crippen LogP contribution in [0.5, 0.6) is 0 Å². The Bertz CT molecular complexity index is 562. The number of carbonyl (C=O) groups is 3. The monoisotopic (exact) mass is 301 g/mol. The largest absolute Gasteiger partial charge is 0.340 e. The zero-order valence-corrected chi connectivity index (χ0v) is 11.1. The van der Waals surface area contributed by atoms with E-state index in [0.717, 1.165) is 0 Å². The van der Waals surface area contributed by atoms with Crippen molar-refractivity contribution in [3.05, 3.63) is 28.0 Å². The summed E-state index contributed by atoms with van der Waals surface area (Å²) in [6.07, 6.45) is 1.69. The fourth-order valence-corrected chi connectivity index (χ4v) is 2.00. The Labute approximate surface area is 118 Å². The van der Waals surface area contributed by atoms with Crippen molar-refractivity contribution in [2.24, 2.45) is 0 Å². The fourth-order valence-electron chi connectivity index (χ4n) is 1.65. The van der Waals surface area contributed by atoms with E-state index in [1.54, 1.807) is 0 Å². The number of nitrogens with one attached hydrogen (secondary N) is 2. The maximum absolute atomic E-state index is 12.0. The minimum atomic E-state index is -0.756. The van der Waals surface area contributed by atoms with E-state index < -0.39 is 17.9 Å². The maximum atomic E-state index is 12.0. The Balaban J connectivity index is 2.11. The van der Waals surface area contributed by atoms with Gasteiger partial charge in [-0.3, -0.25) is 19.7 Å². The molecule has 1 aliphatic heterocycles. The quantitative estimate of drug-likeness (QED) is 0.628. The number of imide groups is 1. The molecule has 2 rings (SSSR count). The molecule has 0 spiro atoms. The van der Waals surface area contributed by atoms with Gasteiger partial charge in [0.15, 0.2) is 0 Å². The minimum Gasteiger partial charge on any atom is -0.340 e. The molecule has 19 heavy (non-hydrogen) atoms. The van der Waals surface area contributed by atoms with E-state index in [2.05, 4.69) is 15.6 Å². The molecule has 0 bridgehead atoms. The molecular formula is C11H9Cl2N3O3. The van der Waals surface area contributed by atoms with Gasteiger partial charge in [0.25, 0.3) is 5.91 Å². The highest BCUT2D eigenvalue weighted by Gasteiger charge is 2.28. The molecule has 1 aliphatic rings. The van der Waals surface area contributed by atoms with Crippen LogP contribution in [0.15, 0.2) is 12.3 Å². The lowest BCUT2D eigenvalue weighted by molar-refractivity contribution is -0.134. The lowest BCUT2D eigenvalue weighted by Crippen LogP contribution is -2.52. The minimum absolute atomic E-state index is 0.123. The number of nitrogens with zero attached hydrogens (tertiary/aromatic N) is 1. The van der Waals surface area contributed by atoms with Crippen LogP contribution in [0.25, 0.3) is 0 Å². The molecule has 1 aromatic heterocycles. The predicted molar refractivity (Wildman–Crippen MR) is 67.9 cm³/mol. The Morgan fingerprint density at radius 2 is 2.16 bits per heavy atom. The first kappa shape index (κ1) is 13.8. The van der Waals surface area contributed by atoms with Crippen molar-refractivity contribution < 1.29 is 14.4 Å². The second-order valence-electron chi connectivity index (χ2n) is 3.96. The van der Waals surface area contributed by atoms with Gasteiger partial charge >= 0.3 is 0 Å². The standard InChI is InChI=1S/C11H9Cl2N3O3/c12-6-4-14-8(13)3-5(6)10(18)15-7-1-2-9(17)16-11(7)19/h3-4,7H,1-2H2,(H,15,18)(H,16,17,19). The molecule has 1 fully saturated rings. The van der Waals surface area contributed by atoms with E-state index in [-0.39, 0.29) is 34.5 Å². The third kappa shape index (κ3) is 3.21. The van der Waals surface area contributed by atoms with Gasteiger partial charge in [0.05, 0.1) is 10.6 Å². The zero-order chi connectivity index (χ0) is 14.0. The Hall–Kier alpha value is -1.66. The summed E-state index contributed by atoms with van der Waals surface area (Å²) in [6, 6.07) is 0.554. The molecule has 2 heterocycles. The third-order valence-corrected chi connectivity index (χ3v) is 3.12. The SMILES string of the molecule is O=C1CCC(NC(=O)c2cc(Cl)ncc2Cl)C(=O)N1. The first-order valence-electron chi connectivity index (χ1n) is 5.43. The summed E-state index contributed by atoms with van der Waals surface area (Å²) in [7, 11) is 0. The maximum Gasteiger partial charge on any atom is 0.253 e. The average molecular weight is 302 g/mol. The van der Waals surface area contributed by atoms with Gasteiger partial charge in [0.2, 0.25) is 11.8 Å². The molecule has 6 nitrogen and oxygen atoms in total. The normalized spacial score (nSPS) is 18.9. The van der Waals surface area contributed by atoms with Crippen LogP contribution in [0.1, 0.15) is 23.2 Å². The number of halogens is 2. The molecule has 0 aliphatic carbocycles. The van der Waals surface area contributed by atoms with Gasteiger partial charge < -0.3 is 5.32 Å². The number of pyridine rings is 1. The third-order valence-electron chi connectivity index (χ3n) is 2.61. The van der Waals surface area contributed by atoms with Gasteiger partial charge in [-0.2, -0.15) is 0 Å². The van der Waals surface area contributed by atoms with E-state index >= 15 is 0 Å². The molecule has 0 radical (unpaired) electrons. The Morgan fingerprint density at radius 3 is 2.84 bits per heavy atom. The number of hydrogen-bond acceptors (Lipinski definition) is 4. The van der Waals surface area contributed by atoms with Crippen molar-refractivity contribution in [2.45, 2.75) is 18.9 Å². The molecule has 1 atom stereocenters. The summed E-state index contributed by atoms with van der Waals surface area (Å²) in [4.78, 5) is 38.2. The van der Waals surface area contributed by atoms with Crippen LogP contribution in [-0.2, 0) is 9.59 Å². The van der Waals surface area contributed by atoms with Crippen molar-refractivity contribution in [3.8, 4) is 0 Å². The van der Waals surface area contributed by atoms with Crippen LogP contribution in [-0.4, -0.2) is 28.7 Å². The second kappa shape index (κ2) is 5.54. The lowest BCUT2D eigenvalue weighted by Gasteiger charge is -2.21. The summed E-state index contributed by atoms with van der Waals surface area (Å²) in [5.41, 5.74) is 0.131. The fraction of sp³-hybridized carbons (Fsp3) is 0.273. The highest BCUT2D eigenvalue weighted by atomic mass is 35.5. The van der Waals surface area contributed by atoms with Crippen molar-refractivity contribution in [2.75, 3.05) is 0 Å². The second-order valence-corrected chi connectivity index (χ2v) is 4.76. The van der Waals surface area contributed by atoms with Gasteiger partial charge in [-0.1, -0.05) is 23.2 Å². The van der Waals surface area contributed by atoms with Gasteiger partial charge in [0.1, 0.15) is 11.2 Å². The van der Waals surface area contributed by atoms with Crippen LogP contribution < -0.4 is 10.6 Å². The van der Waals surface area contributed by atoms with Crippen molar-refractivity contribution in [3.63, 3.8) is 0 Å². The van der Waals surface area contributed by atoms with E-state index in [0.29, 0.717) is 0 Å². The summed E-state index contributed by atoms with van der Waals surface area (Å²) in [5, 5.41) is 4.90. The van der Waals surface area contributed by atoms with E-state index in [9.17, 15) is 14.4 Å². The number of piperidine rings is 1. The van der Waals surface area contributed by atoms with E-state index in [4.69, 9.17) is 23.2 Å². The Morgan fingerprint density at radius 1 is 1.42 bits per heavy atom. The van der Waals surface area contributed by atoms with Gasteiger partial charge in [-0.05, 0) is 12.5 Å². The van der Waals surface area contributed by atoms with Crippen LogP contribution in [0.2, 0.25) is 10.2 Å². The average Bonchev–Trinajstić information content (AvgIpc) is 2.35. The predicted octanol–water partition coefficient (Wildman–Crippen LogP) is 0.923. The zero-order valence-electron chi connectivity index (χ0n) is 9.57. The molecular weight excluding hydrogens is 293 g/mol. The highest BCUT2D eigenvalue weighted by molar-refractivity contribution is 6.35. The molecule has 8 heteroatoms. The molecule has 2 N–H and O–H groups in total. The van der Waals surface area contributed by atoms with E-state index in [1.165, 1.54) is 12.3 Å². The molecule has 0 aromatic carbocycles. The number of rotatable bonds is 2. The van der Waals surface area contributed by atoms with Crippen molar-refractivity contribution in [1.82, 2.24) is 15.6 Å². The van der Waals surface area contributed by atoms with Gasteiger partial charge in [0, 0.05) is 12.6 Å². The summed E-state index contributed by atoms with van der Waals surface area (Å²) in [5.74, 6) is -1.41. The smallest absolute Gasteiger partial charge is 0.253 e. The molecule has 100 valence electrons. The summed E-state index contributed by atoms with van der Waals surface area (Å²) in [6.45, 7) is 0. The molecule has 3 amide bonds. The van der Waals surface area contributed by atoms with Crippen molar-refractivity contribution in [1.29, 1.82) is 0 Å². The summed E-state index contributed by atoms with van der Waals surface area (Å²) < 4.78 is 0. The number of hydrogen-bond donors (Lipinski definition) is 2. The molecule has 1 saturated heterocycles. The van der Waals surface area contributed by atoms with E-state index in [1.807, 2.05) is 0 Å². The first-order valence-corrected chi connectivity index (χ1v) is 6.18. The van der Waals surface area contributed by atoms with Gasteiger partial charge in [-0.15, -0.1) is 0 Å². The van der Waals surface area contributed by atoms with Crippen molar-refractivity contribution >= 4 is 40.9 Å². The highest BCUT2D eigenvalue weighted by Crippen LogP contribution is 2.18. The van der Waals surface area contributed by atoms with Crippen LogP contribution in [0.3, 0.4) is 0 Å². The molecule has 1 unspecified atom stereocenters. The first-order chi connectivity index (χ1) is 8.97. The lowest BCUT2D eigenvalue weighted by atomic mass is 10.1. The molecule has 1 aromatic rings. The Kier molecular flexibility index (Phi) is 4.01. The number of amides is 3. The topological polar surface area (TPSA) is 88.2 Å². The van der Waals surface area contributed by atoms with Crippen LogP contribution in [0.4, 0.5) is 0 Å². The number of carbonyl (C=O) groups excluding carboxylic acids is 3. The van der Waals surface area contributed by atoms with Gasteiger partial charge in [-0.25, -0.2) is 4.98 Å². The number of aromatic nitrogens is 1. The van der Waals surface area contributed by atoms with Crippen LogP contribution in [0, 0.1) is 0 Å². The molecule has 0 saturated carbocycles. The summed E-state index contributed by atoms with van der Waals surface area (Å²) >= 11 is 11.5.